The number of phosphoric acid groups is 1. The Morgan fingerprint density at radius 1 is 0.606 bits per heavy atom. The van der Waals surface area contributed by atoms with E-state index in [4.69, 9.17) is 28.0 Å². The fourth-order valence-electron chi connectivity index (χ4n) is 8.86. The van der Waals surface area contributed by atoms with Crippen LogP contribution in [0, 0.1) is 5.92 Å². The minimum atomic E-state index is -5.40. The van der Waals surface area contributed by atoms with Crippen LogP contribution >= 0.6 is 7.82 Å². The molecule has 0 aromatic heterocycles. The van der Waals surface area contributed by atoms with Gasteiger partial charge >= 0.3 is 19.8 Å². The molecule has 1 saturated carbocycles. The zero-order valence-electron chi connectivity index (χ0n) is 43.2. The van der Waals surface area contributed by atoms with Crippen molar-refractivity contribution in [3.8, 4) is 0 Å². The number of hydrogen-bond acceptors (Lipinski definition) is 17. The summed E-state index contributed by atoms with van der Waals surface area (Å²) < 4.78 is 45.4. The van der Waals surface area contributed by atoms with E-state index in [1.54, 1.807) is 6.08 Å². The van der Waals surface area contributed by atoms with Crippen molar-refractivity contribution in [2.24, 2.45) is 5.92 Å². The van der Waals surface area contributed by atoms with Crippen molar-refractivity contribution in [3.63, 3.8) is 0 Å². The molecule has 0 amide bonds. The van der Waals surface area contributed by atoms with Gasteiger partial charge in [0.2, 0.25) is 0 Å². The molecule has 0 bridgehead atoms. The number of phosphoric ester groups is 1. The molecule has 2 rings (SSSR count). The lowest BCUT2D eigenvalue weighted by atomic mass is 9.84. The molecule has 0 spiro atoms. The molecule has 0 aromatic carbocycles. The molecule has 2 aliphatic rings. The summed E-state index contributed by atoms with van der Waals surface area (Å²) in [6.45, 7) is 4.46. The maximum absolute atomic E-state index is 13.4. The fourth-order valence-corrected chi connectivity index (χ4v) is 9.83. The van der Waals surface area contributed by atoms with Crippen LogP contribution in [-0.4, -0.2) is 151 Å². The van der Waals surface area contributed by atoms with Crippen LogP contribution in [0.4, 0.5) is 0 Å². The van der Waals surface area contributed by atoms with Gasteiger partial charge in [-0.25, -0.2) is 9.36 Å². The van der Waals surface area contributed by atoms with Crippen molar-refractivity contribution in [1.82, 2.24) is 0 Å². The lowest BCUT2D eigenvalue weighted by Crippen LogP contribution is -2.67. The molecule has 416 valence electrons. The lowest BCUT2D eigenvalue weighted by molar-refractivity contribution is -0.338. The Morgan fingerprint density at radius 2 is 1.10 bits per heavy atom. The van der Waals surface area contributed by atoms with E-state index < -0.39 is 113 Å². The van der Waals surface area contributed by atoms with Crippen LogP contribution in [0.3, 0.4) is 0 Å². The highest BCUT2D eigenvalue weighted by Crippen LogP contribution is 2.48. The van der Waals surface area contributed by atoms with Crippen molar-refractivity contribution in [2.45, 2.75) is 268 Å². The van der Waals surface area contributed by atoms with Crippen LogP contribution in [-0.2, 0) is 42.1 Å². The van der Waals surface area contributed by atoms with Crippen molar-refractivity contribution in [2.75, 3.05) is 19.8 Å². The summed E-state index contributed by atoms with van der Waals surface area (Å²) in [5, 5.41) is 83.0. The zero-order valence-corrected chi connectivity index (χ0v) is 44.1. The first kappa shape index (κ1) is 65.2. The molecule has 18 nitrogen and oxygen atoms in total. The number of carbonyl (C=O) groups is 2. The highest BCUT2D eigenvalue weighted by Gasteiger charge is 2.55. The van der Waals surface area contributed by atoms with Gasteiger partial charge in [0.25, 0.3) is 0 Å². The molecule has 0 radical (unpaired) electrons. The molecular weight excluding hydrogens is 944 g/mol. The Kier molecular flexibility index (Phi) is 35.5. The first-order chi connectivity index (χ1) is 34.1. The van der Waals surface area contributed by atoms with Gasteiger partial charge in [0.1, 0.15) is 67.6 Å². The number of rotatable bonds is 41. The standard InChI is InChI=1S/C52H95O18P/c1-4-6-8-10-12-13-14-15-16-17-18-19-20-25-29-33-41(54)65-36-39(67-42(55)34-30-26-22-21-24-28-32-38(3)31-27-23-11-9-7-5-2)37-66-71(63,64)70-51-48(61)46(59)45(58)47(60)50(51)69-52-49(62)44(57)43(56)40(35-53)68-52/h20,25,29,33,38-40,43-53,56-62H,4-19,21-24,26-28,30-32,34-37H2,1-3H3,(H,63,64). The van der Waals surface area contributed by atoms with Crippen LogP contribution < -0.4 is 0 Å². The molecule has 2 fully saturated rings. The normalized spacial score (nSPS) is 27.7. The molecule has 1 heterocycles. The Bertz CT molecular complexity index is 1480. The first-order valence-electron chi connectivity index (χ1n) is 27.1. The largest absolute Gasteiger partial charge is 0.472 e. The van der Waals surface area contributed by atoms with E-state index in [0.29, 0.717) is 12.3 Å². The number of aliphatic hydroxyl groups is 8. The molecule has 9 N–H and O–H groups in total. The Balaban J connectivity index is 1.97. The molecular formula is C52H95O18P. The van der Waals surface area contributed by atoms with Gasteiger partial charge < -0.3 is 64.7 Å². The van der Waals surface area contributed by atoms with Crippen LogP contribution in [0.15, 0.2) is 24.3 Å². The third-order valence-corrected chi connectivity index (χ3v) is 14.4. The van der Waals surface area contributed by atoms with Crippen molar-refractivity contribution >= 4 is 19.8 Å². The van der Waals surface area contributed by atoms with E-state index in [0.717, 1.165) is 51.4 Å². The number of aliphatic hydroxyl groups excluding tert-OH is 8. The highest BCUT2D eigenvalue weighted by atomic mass is 31.2. The Morgan fingerprint density at radius 3 is 1.65 bits per heavy atom. The average molecular weight is 1040 g/mol. The summed E-state index contributed by atoms with van der Waals surface area (Å²) in [7, 11) is -5.40. The molecule has 19 heteroatoms. The number of hydrogen-bond donors (Lipinski definition) is 9. The number of carbonyl (C=O) groups excluding carboxylic acids is 2. The van der Waals surface area contributed by atoms with Crippen LogP contribution in [0.5, 0.6) is 0 Å². The molecule has 1 saturated heterocycles. The first-order valence-corrected chi connectivity index (χ1v) is 28.6. The van der Waals surface area contributed by atoms with Gasteiger partial charge in [-0.15, -0.1) is 0 Å². The number of ether oxygens (including phenoxy) is 4. The maximum atomic E-state index is 13.4. The van der Waals surface area contributed by atoms with E-state index in [9.17, 15) is 59.9 Å². The smallest absolute Gasteiger partial charge is 0.458 e. The van der Waals surface area contributed by atoms with E-state index >= 15 is 0 Å². The summed E-state index contributed by atoms with van der Waals surface area (Å²) in [6, 6.07) is 0. The second kappa shape index (κ2) is 38.6. The second-order valence-corrected chi connectivity index (χ2v) is 21.2. The molecule has 14 atom stereocenters. The van der Waals surface area contributed by atoms with Gasteiger partial charge in [-0.3, -0.25) is 13.8 Å². The van der Waals surface area contributed by atoms with Crippen LogP contribution in [0.1, 0.15) is 194 Å². The molecule has 0 aromatic rings. The second-order valence-electron chi connectivity index (χ2n) is 19.8. The molecule has 71 heavy (non-hydrogen) atoms. The van der Waals surface area contributed by atoms with Crippen molar-refractivity contribution in [1.29, 1.82) is 0 Å². The summed E-state index contributed by atoms with van der Waals surface area (Å²) >= 11 is 0. The number of allylic oxidation sites excluding steroid dienone is 3. The highest BCUT2D eigenvalue weighted by molar-refractivity contribution is 7.47. The predicted octanol–water partition coefficient (Wildman–Crippen LogP) is 6.91. The maximum Gasteiger partial charge on any atom is 0.472 e. The minimum absolute atomic E-state index is 0.0141. The van der Waals surface area contributed by atoms with E-state index in [1.165, 1.54) is 121 Å². The zero-order chi connectivity index (χ0) is 52.4. The third-order valence-electron chi connectivity index (χ3n) is 13.4. The number of esters is 2. The van der Waals surface area contributed by atoms with Gasteiger partial charge in [0, 0.05) is 12.5 Å². The van der Waals surface area contributed by atoms with Gasteiger partial charge in [-0.05, 0) is 25.2 Å². The topological polar surface area (TPSA) is 289 Å². The van der Waals surface area contributed by atoms with Gasteiger partial charge in [0.05, 0.1) is 13.2 Å². The van der Waals surface area contributed by atoms with E-state index in [2.05, 4.69) is 20.8 Å². The Labute approximate surface area is 424 Å². The minimum Gasteiger partial charge on any atom is -0.458 e. The van der Waals surface area contributed by atoms with Gasteiger partial charge in [0.15, 0.2) is 12.4 Å². The average Bonchev–Trinajstić information content (AvgIpc) is 3.35. The summed E-state index contributed by atoms with van der Waals surface area (Å²) in [5.74, 6) is -0.751. The van der Waals surface area contributed by atoms with Gasteiger partial charge in [-0.2, -0.15) is 0 Å². The van der Waals surface area contributed by atoms with Crippen LogP contribution in [0.25, 0.3) is 0 Å². The lowest BCUT2D eigenvalue weighted by Gasteiger charge is -2.47. The van der Waals surface area contributed by atoms with Crippen LogP contribution in [0.2, 0.25) is 0 Å². The van der Waals surface area contributed by atoms with Crippen molar-refractivity contribution < 1.29 is 87.9 Å². The third kappa shape index (κ3) is 27.5. The molecule has 1 aliphatic carbocycles. The molecule has 14 unspecified atom stereocenters. The van der Waals surface area contributed by atoms with E-state index in [-0.39, 0.29) is 6.42 Å². The fraction of sp³-hybridized carbons (Fsp3) is 0.885. The van der Waals surface area contributed by atoms with E-state index in [1.807, 2.05) is 6.08 Å². The molecule has 1 aliphatic heterocycles. The quantitative estimate of drug-likeness (QED) is 0.00989. The van der Waals surface area contributed by atoms with Crippen molar-refractivity contribution in [3.05, 3.63) is 24.3 Å². The Hall–Kier alpha value is -1.87. The predicted molar refractivity (Wildman–Crippen MR) is 268 cm³/mol. The monoisotopic (exact) mass is 1040 g/mol. The summed E-state index contributed by atoms with van der Waals surface area (Å²) in [6.07, 6.45) is 13.2. The SMILES string of the molecule is CCCCCCCCCCCCCC=CC=CC(=O)OCC(COP(=O)(O)OC1C(O)C(O)C(O)C(O)C1OC1OC(CO)C(O)C(O)C1O)OC(=O)CCCCCCCCC(C)CCCCCCCC. The van der Waals surface area contributed by atoms with Gasteiger partial charge in [-0.1, -0.05) is 187 Å². The number of unbranched alkanes of at least 4 members (excludes halogenated alkanes) is 21. The summed E-state index contributed by atoms with van der Waals surface area (Å²) in [4.78, 5) is 36.5. The summed E-state index contributed by atoms with van der Waals surface area (Å²) in [5.41, 5.74) is 0.